The smallest absolute Gasteiger partial charge is 0.0963 e. The number of nitrogens with one attached hydrogen (secondary N) is 1. The molecule has 0 heterocycles. The molecule has 3 heteroatoms. The fraction of sp³-hybridized carbons (Fsp3) is 0.500. The molecule has 0 amide bonds. The van der Waals surface area contributed by atoms with Crippen LogP contribution in [-0.4, -0.2) is 19.7 Å². The van der Waals surface area contributed by atoms with Gasteiger partial charge >= 0.3 is 0 Å². The van der Waals surface area contributed by atoms with Crippen LogP contribution in [0.5, 0.6) is 0 Å². The molecule has 1 aromatic carbocycles. The summed E-state index contributed by atoms with van der Waals surface area (Å²) in [7, 11) is 0. The average molecular weight is 228 g/mol. The van der Waals surface area contributed by atoms with E-state index in [4.69, 9.17) is 16.3 Å². The summed E-state index contributed by atoms with van der Waals surface area (Å²) in [6, 6.07) is 7.83. The van der Waals surface area contributed by atoms with E-state index >= 15 is 0 Å². The van der Waals surface area contributed by atoms with Gasteiger partial charge in [-0.2, -0.15) is 0 Å². The van der Waals surface area contributed by atoms with Gasteiger partial charge in [-0.25, -0.2) is 0 Å². The van der Waals surface area contributed by atoms with Crippen molar-refractivity contribution in [3.05, 3.63) is 34.9 Å². The molecule has 0 aromatic heterocycles. The van der Waals surface area contributed by atoms with Gasteiger partial charge in [0.1, 0.15) is 0 Å². The SMILES string of the molecule is CCNCC(OCC)c1ccccc1Cl. The second kappa shape index (κ2) is 6.83. The first-order valence-corrected chi connectivity index (χ1v) is 5.74. The van der Waals surface area contributed by atoms with E-state index in [9.17, 15) is 0 Å². The second-order valence-electron chi connectivity index (χ2n) is 3.27. The summed E-state index contributed by atoms with van der Waals surface area (Å²) < 4.78 is 5.66. The van der Waals surface area contributed by atoms with Gasteiger partial charge in [0.25, 0.3) is 0 Å². The van der Waals surface area contributed by atoms with Gasteiger partial charge in [-0.05, 0) is 19.5 Å². The second-order valence-corrected chi connectivity index (χ2v) is 3.68. The van der Waals surface area contributed by atoms with Crippen molar-refractivity contribution in [2.45, 2.75) is 20.0 Å². The maximum Gasteiger partial charge on any atom is 0.0963 e. The molecular weight excluding hydrogens is 210 g/mol. The first-order valence-electron chi connectivity index (χ1n) is 5.36. The Labute approximate surface area is 96.6 Å². The van der Waals surface area contributed by atoms with E-state index in [-0.39, 0.29) is 6.10 Å². The van der Waals surface area contributed by atoms with E-state index in [0.717, 1.165) is 23.7 Å². The standard InChI is InChI=1S/C12H18ClNO/c1-3-14-9-12(15-4-2)10-7-5-6-8-11(10)13/h5-8,12,14H,3-4,9H2,1-2H3. The Morgan fingerprint density at radius 2 is 2.07 bits per heavy atom. The Bertz CT molecular complexity index is 291. The van der Waals surface area contributed by atoms with Gasteiger partial charge in [0.15, 0.2) is 0 Å². The van der Waals surface area contributed by atoms with Crippen LogP contribution in [0.3, 0.4) is 0 Å². The first kappa shape index (κ1) is 12.5. The predicted octanol–water partition coefficient (Wildman–Crippen LogP) is 3.03. The quantitative estimate of drug-likeness (QED) is 0.807. The largest absolute Gasteiger partial charge is 0.372 e. The number of ether oxygens (including phenoxy) is 1. The van der Waals surface area contributed by atoms with Crippen LogP contribution in [0.25, 0.3) is 0 Å². The minimum atomic E-state index is 0.0450. The maximum atomic E-state index is 6.13. The summed E-state index contributed by atoms with van der Waals surface area (Å²) in [4.78, 5) is 0. The third-order valence-corrected chi connectivity index (χ3v) is 2.54. The molecule has 2 nitrogen and oxygen atoms in total. The van der Waals surface area contributed by atoms with Gasteiger partial charge < -0.3 is 10.1 Å². The monoisotopic (exact) mass is 227 g/mol. The first-order chi connectivity index (χ1) is 7.29. The van der Waals surface area contributed by atoms with Crippen LogP contribution in [0.4, 0.5) is 0 Å². The Morgan fingerprint density at radius 3 is 2.67 bits per heavy atom. The van der Waals surface area contributed by atoms with Gasteiger partial charge in [-0.3, -0.25) is 0 Å². The fourth-order valence-electron chi connectivity index (χ4n) is 1.47. The Kier molecular flexibility index (Phi) is 5.69. The van der Waals surface area contributed by atoms with Crippen LogP contribution >= 0.6 is 11.6 Å². The molecule has 0 aliphatic carbocycles. The van der Waals surface area contributed by atoms with Crippen LogP contribution < -0.4 is 5.32 Å². The minimum Gasteiger partial charge on any atom is -0.372 e. The molecule has 0 fully saturated rings. The molecule has 0 spiro atoms. The summed E-state index contributed by atoms with van der Waals surface area (Å²) in [5.41, 5.74) is 1.06. The van der Waals surface area contributed by atoms with E-state index in [1.807, 2.05) is 31.2 Å². The van der Waals surface area contributed by atoms with Crippen molar-refractivity contribution in [2.24, 2.45) is 0 Å². The lowest BCUT2D eigenvalue weighted by atomic mass is 10.1. The fourth-order valence-corrected chi connectivity index (χ4v) is 1.73. The van der Waals surface area contributed by atoms with E-state index in [2.05, 4.69) is 12.2 Å². The van der Waals surface area contributed by atoms with Gasteiger partial charge in [0.05, 0.1) is 6.10 Å². The molecule has 1 aromatic rings. The zero-order valence-electron chi connectivity index (χ0n) is 9.29. The highest BCUT2D eigenvalue weighted by Gasteiger charge is 2.13. The number of hydrogen-bond donors (Lipinski definition) is 1. The van der Waals surface area contributed by atoms with Crippen molar-refractivity contribution in [3.63, 3.8) is 0 Å². The maximum absolute atomic E-state index is 6.13. The molecule has 1 N–H and O–H groups in total. The zero-order chi connectivity index (χ0) is 11.1. The van der Waals surface area contributed by atoms with Gasteiger partial charge in [-0.1, -0.05) is 36.7 Å². The zero-order valence-corrected chi connectivity index (χ0v) is 10.1. The molecule has 0 saturated heterocycles. The van der Waals surface area contributed by atoms with Crippen molar-refractivity contribution in [2.75, 3.05) is 19.7 Å². The van der Waals surface area contributed by atoms with E-state index in [1.54, 1.807) is 0 Å². The lowest BCUT2D eigenvalue weighted by molar-refractivity contribution is 0.0628. The van der Waals surface area contributed by atoms with Crippen molar-refractivity contribution >= 4 is 11.6 Å². The molecule has 1 unspecified atom stereocenters. The number of benzene rings is 1. The number of hydrogen-bond acceptors (Lipinski definition) is 2. The van der Waals surface area contributed by atoms with Gasteiger partial charge in [0.2, 0.25) is 0 Å². The van der Waals surface area contributed by atoms with E-state index < -0.39 is 0 Å². The average Bonchev–Trinajstić information content (AvgIpc) is 2.25. The Morgan fingerprint density at radius 1 is 1.33 bits per heavy atom. The number of likely N-dealkylation sites (N-methyl/N-ethyl adjacent to an activating group) is 1. The van der Waals surface area contributed by atoms with Crippen molar-refractivity contribution < 1.29 is 4.74 Å². The van der Waals surface area contributed by atoms with Gasteiger partial charge in [-0.15, -0.1) is 0 Å². The highest BCUT2D eigenvalue weighted by molar-refractivity contribution is 6.31. The van der Waals surface area contributed by atoms with Crippen LogP contribution in [-0.2, 0) is 4.74 Å². The highest BCUT2D eigenvalue weighted by atomic mass is 35.5. The summed E-state index contributed by atoms with van der Waals surface area (Å²) >= 11 is 6.13. The summed E-state index contributed by atoms with van der Waals surface area (Å²) in [6.45, 7) is 6.51. The molecule has 0 saturated carbocycles. The van der Waals surface area contributed by atoms with Crippen molar-refractivity contribution in [3.8, 4) is 0 Å². The molecule has 0 bridgehead atoms. The van der Waals surface area contributed by atoms with E-state index in [0.29, 0.717) is 6.61 Å². The van der Waals surface area contributed by atoms with Gasteiger partial charge in [0, 0.05) is 23.7 Å². The summed E-state index contributed by atoms with van der Waals surface area (Å²) in [6.07, 6.45) is 0.0450. The molecule has 0 aliphatic heterocycles. The summed E-state index contributed by atoms with van der Waals surface area (Å²) in [5.74, 6) is 0. The normalized spacial score (nSPS) is 12.7. The predicted molar refractivity (Wildman–Crippen MR) is 64.4 cm³/mol. The van der Waals surface area contributed by atoms with Crippen LogP contribution in [0.15, 0.2) is 24.3 Å². The lowest BCUT2D eigenvalue weighted by Gasteiger charge is -2.18. The molecule has 0 aliphatic rings. The topological polar surface area (TPSA) is 21.3 Å². The molecule has 1 rings (SSSR count). The third kappa shape index (κ3) is 3.82. The van der Waals surface area contributed by atoms with Crippen LogP contribution in [0.1, 0.15) is 25.5 Å². The van der Waals surface area contributed by atoms with E-state index in [1.165, 1.54) is 0 Å². The van der Waals surface area contributed by atoms with Crippen molar-refractivity contribution in [1.82, 2.24) is 5.32 Å². The molecule has 84 valence electrons. The summed E-state index contributed by atoms with van der Waals surface area (Å²) in [5, 5.41) is 4.05. The molecule has 1 atom stereocenters. The third-order valence-electron chi connectivity index (χ3n) is 2.20. The Balaban J connectivity index is 2.74. The Hall–Kier alpha value is -0.570. The van der Waals surface area contributed by atoms with Crippen LogP contribution in [0, 0.1) is 0 Å². The van der Waals surface area contributed by atoms with Crippen LogP contribution in [0.2, 0.25) is 5.02 Å². The highest BCUT2D eigenvalue weighted by Crippen LogP contribution is 2.24. The number of rotatable bonds is 6. The van der Waals surface area contributed by atoms with Crippen molar-refractivity contribution in [1.29, 1.82) is 0 Å². The number of halogens is 1. The molecular formula is C12H18ClNO. The molecule has 15 heavy (non-hydrogen) atoms. The lowest BCUT2D eigenvalue weighted by Crippen LogP contribution is -2.23. The molecule has 0 radical (unpaired) electrons. The minimum absolute atomic E-state index is 0.0450.